The van der Waals surface area contributed by atoms with E-state index in [0.717, 1.165) is 11.0 Å². The number of aromatic nitrogens is 1. The lowest BCUT2D eigenvalue weighted by atomic mass is 10.1. The number of nitrogens with one attached hydrogen (secondary N) is 1. The van der Waals surface area contributed by atoms with E-state index in [1.54, 1.807) is 0 Å². The summed E-state index contributed by atoms with van der Waals surface area (Å²) >= 11 is 0. The molecule has 1 aromatic heterocycles. The van der Waals surface area contributed by atoms with E-state index >= 15 is 0 Å². The van der Waals surface area contributed by atoms with Crippen LogP contribution in [0.3, 0.4) is 0 Å². The molecule has 0 saturated carbocycles. The Bertz CT molecular complexity index is 1060. The number of pyridine rings is 1. The number of nitrogens with zero attached hydrogens (tertiary/aromatic N) is 1. The molecular weight excluding hydrogens is 336 g/mol. The summed E-state index contributed by atoms with van der Waals surface area (Å²) in [7, 11) is 0. The maximum absolute atomic E-state index is 12.8. The predicted octanol–water partition coefficient (Wildman–Crippen LogP) is 3.31. The molecule has 0 radical (unpaired) electrons. The van der Waals surface area contributed by atoms with Crippen molar-refractivity contribution in [3.8, 4) is 0 Å². The number of hydrogen-bond acceptors (Lipinski definition) is 3. The summed E-state index contributed by atoms with van der Waals surface area (Å²) in [6.45, 7) is 1.61. The second kappa shape index (κ2) is 7.74. The number of benzene rings is 3. The van der Waals surface area contributed by atoms with E-state index < -0.39 is 6.10 Å². The van der Waals surface area contributed by atoms with Crippen LogP contribution in [0.25, 0.3) is 21.8 Å². The van der Waals surface area contributed by atoms with Gasteiger partial charge in [-0.05, 0) is 29.8 Å². The van der Waals surface area contributed by atoms with E-state index in [9.17, 15) is 9.90 Å². The number of para-hydroxylation sites is 2. The number of aliphatic hydroxyl groups excluding tert-OH is 1. The molecule has 0 aliphatic rings. The molecule has 27 heavy (non-hydrogen) atoms. The Labute approximate surface area is 157 Å². The molecular formula is C23H22N2O2. The Balaban J connectivity index is 1.60. The summed E-state index contributed by atoms with van der Waals surface area (Å²) < 4.78 is 2.04. The third kappa shape index (κ3) is 3.63. The average Bonchev–Trinajstić information content (AvgIpc) is 2.72. The SMILES string of the molecule is O=c1c2ccccc2n(CC(O)CNCc2ccccc2)c2ccccc12. The van der Waals surface area contributed by atoms with Gasteiger partial charge in [-0.3, -0.25) is 4.79 Å². The van der Waals surface area contributed by atoms with Crippen LogP contribution in [0.5, 0.6) is 0 Å². The summed E-state index contributed by atoms with van der Waals surface area (Å²) in [5, 5.41) is 15.3. The van der Waals surface area contributed by atoms with Gasteiger partial charge in [-0.25, -0.2) is 0 Å². The fourth-order valence-corrected chi connectivity index (χ4v) is 3.53. The highest BCUT2D eigenvalue weighted by Gasteiger charge is 2.13. The van der Waals surface area contributed by atoms with Crippen molar-refractivity contribution in [2.75, 3.05) is 6.54 Å². The number of aliphatic hydroxyl groups is 1. The summed E-state index contributed by atoms with van der Waals surface area (Å²) in [5.74, 6) is 0. The van der Waals surface area contributed by atoms with Gasteiger partial charge in [-0.2, -0.15) is 0 Å². The average molecular weight is 358 g/mol. The van der Waals surface area contributed by atoms with Crippen LogP contribution >= 0.6 is 0 Å². The molecule has 0 spiro atoms. The monoisotopic (exact) mass is 358 g/mol. The minimum Gasteiger partial charge on any atom is -0.390 e. The first-order valence-corrected chi connectivity index (χ1v) is 9.17. The second-order valence-corrected chi connectivity index (χ2v) is 6.74. The Hall–Kier alpha value is -2.95. The fraction of sp³-hybridized carbons (Fsp3) is 0.174. The third-order valence-corrected chi connectivity index (χ3v) is 4.82. The maximum atomic E-state index is 12.8. The summed E-state index contributed by atoms with van der Waals surface area (Å²) in [5.41, 5.74) is 2.92. The van der Waals surface area contributed by atoms with E-state index in [1.165, 1.54) is 5.56 Å². The van der Waals surface area contributed by atoms with Crippen LogP contribution < -0.4 is 10.7 Å². The summed E-state index contributed by atoms with van der Waals surface area (Å²) in [4.78, 5) is 12.8. The number of fused-ring (bicyclic) bond motifs is 2. The number of rotatable bonds is 6. The zero-order chi connectivity index (χ0) is 18.6. The molecule has 2 N–H and O–H groups in total. The predicted molar refractivity (Wildman–Crippen MR) is 110 cm³/mol. The zero-order valence-corrected chi connectivity index (χ0v) is 15.0. The van der Waals surface area contributed by atoms with Crippen LogP contribution in [0.2, 0.25) is 0 Å². The first-order chi connectivity index (χ1) is 13.2. The highest BCUT2D eigenvalue weighted by molar-refractivity contribution is 5.93. The molecule has 0 bridgehead atoms. The smallest absolute Gasteiger partial charge is 0.197 e. The van der Waals surface area contributed by atoms with Crippen molar-refractivity contribution in [3.05, 3.63) is 94.6 Å². The lowest BCUT2D eigenvalue weighted by molar-refractivity contribution is 0.154. The van der Waals surface area contributed by atoms with Crippen LogP contribution in [-0.2, 0) is 13.1 Å². The Morgan fingerprint density at radius 2 is 1.37 bits per heavy atom. The Morgan fingerprint density at radius 3 is 2.00 bits per heavy atom. The normalized spacial score (nSPS) is 12.5. The lowest BCUT2D eigenvalue weighted by Crippen LogP contribution is -2.30. The maximum Gasteiger partial charge on any atom is 0.197 e. The molecule has 0 fully saturated rings. The van der Waals surface area contributed by atoms with Gasteiger partial charge >= 0.3 is 0 Å². The molecule has 1 heterocycles. The van der Waals surface area contributed by atoms with Crippen LogP contribution in [0, 0.1) is 0 Å². The minimum absolute atomic E-state index is 0.0362. The van der Waals surface area contributed by atoms with Crippen molar-refractivity contribution in [1.82, 2.24) is 9.88 Å². The molecule has 1 unspecified atom stereocenters. The Kier molecular flexibility index (Phi) is 5.01. The zero-order valence-electron chi connectivity index (χ0n) is 15.0. The topological polar surface area (TPSA) is 54.3 Å². The molecule has 4 nitrogen and oxygen atoms in total. The fourth-order valence-electron chi connectivity index (χ4n) is 3.53. The van der Waals surface area contributed by atoms with Gasteiger partial charge in [-0.1, -0.05) is 54.6 Å². The van der Waals surface area contributed by atoms with Gasteiger partial charge in [0.1, 0.15) is 0 Å². The van der Waals surface area contributed by atoms with Crippen molar-refractivity contribution in [3.63, 3.8) is 0 Å². The molecule has 136 valence electrons. The van der Waals surface area contributed by atoms with Gasteiger partial charge < -0.3 is 15.0 Å². The van der Waals surface area contributed by atoms with Gasteiger partial charge in [0.05, 0.1) is 23.7 Å². The molecule has 0 aliphatic carbocycles. The van der Waals surface area contributed by atoms with Crippen molar-refractivity contribution in [2.24, 2.45) is 0 Å². The highest BCUT2D eigenvalue weighted by Crippen LogP contribution is 2.19. The van der Waals surface area contributed by atoms with Gasteiger partial charge in [0.15, 0.2) is 5.43 Å². The van der Waals surface area contributed by atoms with E-state index in [-0.39, 0.29) is 5.43 Å². The van der Waals surface area contributed by atoms with Crippen LogP contribution in [0.15, 0.2) is 83.7 Å². The second-order valence-electron chi connectivity index (χ2n) is 6.74. The van der Waals surface area contributed by atoms with Gasteiger partial charge in [0.25, 0.3) is 0 Å². The standard InChI is InChI=1S/C23H22N2O2/c26-18(15-24-14-17-8-2-1-3-9-17)16-25-21-12-6-4-10-19(21)23(27)20-11-5-7-13-22(20)25/h1-13,18,24,26H,14-16H2. The summed E-state index contributed by atoms with van der Waals surface area (Å²) in [6.07, 6.45) is -0.567. The molecule has 0 amide bonds. The highest BCUT2D eigenvalue weighted by atomic mass is 16.3. The van der Waals surface area contributed by atoms with Crippen LogP contribution in [0.1, 0.15) is 5.56 Å². The summed E-state index contributed by atoms with van der Waals surface area (Å²) in [6, 6.07) is 25.3. The van der Waals surface area contributed by atoms with Gasteiger partial charge in [-0.15, -0.1) is 0 Å². The van der Waals surface area contributed by atoms with Crippen molar-refractivity contribution >= 4 is 21.8 Å². The Morgan fingerprint density at radius 1 is 0.815 bits per heavy atom. The molecule has 1 atom stereocenters. The van der Waals surface area contributed by atoms with E-state index in [2.05, 4.69) is 17.4 Å². The number of hydrogen-bond donors (Lipinski definition) is 2. The van der Waals surface area contributed by atoms with E-state index in [0.29, 0.717) is 30.4 Å². The quantitative estimate of drug-likeness (QED) is 0.520. The van der Waals surface area contributed by atoms with Crippen LogP contribution in [-0.4, -0.2) is 22.3 Å². The van der Waals surface area contributed by atoms with Crippen molar-refractivity contribution in [2.45, 2.75) is 19.2 Å². The molecule has 4 rings (SSSR count). The minimum atomic E-state index is -0.567. The molecule has 4 aromatic rings. The molecule has 4 heteroatoms. The van der Waals surface area contributed by atoms with Gasteiger partial charge in [0, 0.05) is 23.9 Å². The third-order valence-electron chi connectivity index (χ3n) is 4.82. The van der Waals surface area contributed by atoms with Crippen molar-refractivity contribution < 1.29 is 5.11 Å². The van der Waals surface area contributed by atoms with E-state index in [4.69, 9.17) is 0 Å². The molecule has 0 aliphatic heterocycles. The van der Waals surface area contributed by atoms with Gasteiger partial charge in [0.2, 0.25) is 0 Å². The molecule has 3 aromatic carbocycles. The first kappa shape index (κ1) is 17.5. The van der Waals surface area contributed by atoms with E-state index in [1.807, 2.05) is 71.3 Å². The molecule has 0 saturated heterocycles. The van der Waals surface area contributed by atoms with Crippen LogP contribution in [0.4, 0.5) is 0 Å². The first-order valence-electron chi connectivity index (χ1n) is 9.17. The van der Waals surface area contributed by atoms with Crippen molar-refractivity contribution in [1.29, 1.82) is 0 Å². The largest absolute Gasteiger partial charge is 0.390 e. The lowest BCUT2D eigenvalue weighted by Gasteiger charge is -2.19.